The molecule has 3 heteroatoms. The summed E-state index contributed by atoms with van der Waals surface area (Å²) >= 11 is 5.74. The molecule has 8 aromatic carbocycles. The van der Waals surface area contributed by atoms with E-state index in [9.17, 15) is 4.79 Å². The van der Waals surface area contributed by atoms with E-state index in [2.05, 4.69) is 215 Å². The monoisotopic (exact) mass is 1050 g/mol. The summed E-state index contributed by atoms with van der Waals surface area (Å²) in [5.41, 5.74) is 13.0. The van der Waals surface area contributed by atoms with E-state index in [-0.39, 0.29) is 52.0 Å². The van der Waals surface area contributed by atoms with Crippen molar-refractivity contribution in [1.29, 1.82) is 0 Å². The molecule has 0 spiro atoms. The van der Waals surface area contributed by atoms with Crippen LogP contribution >= 0.6 is 11.6 Å². The van der Waals surface area contributed by atoms with E-state index in [1.54, 1.807) is 0 Å². The Morgan fingerprint density at radius 2 is 0.921 bits per heavy atom. The molecular formula is C73H107ClO2. The number of rotatable bonds is 10. The van der Waals surface area contributed by atoms with Gasteiger partial charge in [0.1, 0.15) is 12.0 Å². The Morgan fingerprint density at radius 3 is 1.39 bits per heavy atom. The van der Waals surface area contributed by atoms with Crippen molar-refractivity contribution in [2.45, 2.75) is 160 Å². The third kappa shape index (κ3) is 35.7. The lowest BCUT2D eigenvalue weighted by Gasteiger charge is -2.03. The SMILES string of the molecule is C.C.C.C.C.C.C.CC/C=C/c1ccccc1.CCCOc1cccc(Cl)c1.CCc1ccc(C)cc1.CCc1ccc(C=O)cc1.CCc1ccccc1.CCc1ccccc1C.Cc1ccc2c(C)cccc2c1. The van der Waals surface area contributed by atoms with Gasteiger partial charge in [0, 0.05) is 10.6 Å². The van der Waals surface area contributed by atoms with Gasteiger partial charge in [0.15, 0.2) is 0 Å². The fourth-order valence-corrected chi connectivity index (χ4v) is 6.72. The van der Waals surface area contributed by atoms with Crippen molar-refractivity contribution in [2.24, 2.45) is 0 Å². The standard InChI is InChI=1S/C12H12.C10H12.C9H11ClO.C9H10O.2C9H12.C8H10.7CH4/c1-9-6-7-12-10(2)4-3-5-11(12)8-9;1-2-3-7-10-8-5-4-6-9-10;1-2-6-11-9-5-3-4-8(10)7-9;1-2-8-3-5-9(7-10)6-4-8;1-3-9-6-4-8(2)5-7-9;1-3-9-7-5-4-6-8(9)2;1-2-8-6-4-3-5-7-8;;;;;;;/h3-8H,1-2H3;3-9H,2H2,1H3;3-5,7H,2,6H2,1H3;3-7H,2H2,1H3;2*4-7H,3H2,1-2H3;3-7H,2H2,1H3;7*1H4/b;7-3+;;;;;;;;;;;;. The van der Waals surface area contributed by atoms with Gasteiger partial charge >= 0.3 is 0 Å². The van der Waals surface area contributed by atoms with Gasteiger partial charge in [0.2, 0.25) is 0 Å². The zero-order valence-electron chi connectivity index (χ0n) is 43.4. The van der Waals surface area contributed by atoms with Crippen LogP contribution < -0.4 is 4.74 Å². The number of carbonyl (C=O) groups is 1. The topological polar surface area (TPSA) is 26.3 Å². The lowest BCUT2D eigenvalue weighted by molar-refractivity contribution is 0.112. The number of halogens is 1. The third-order valence-electron chi connectivity index (χ3n) is 10.8. The van der Waals surface area contributed by atoms with Crippen LogP contribution in [0.25, 0.3) is 16.8 Å². The van der Waals surface area contributed by atoms with Gasteiger partial charge < -0.3 is 4.74 Å². The normalized spacial score (nSPS) is 8.88. The molecule has 8 rings (SSSR count). The van der Waals surface area contributed by atoms with Gasteiger partial charge in [0.25, 0.3) is 0 Å². The van der Waals surface area contributed by atoms with Crippen LogP contribution in [0.4, 0.5) is 0 Å². The van der Waals surface area contributed by atoms with Gasteiger partial charge in [0.05, 0.1) is 6.61 Å². The smallest absolute Gasteiger partial charge is 0.150 e. The van der Waals surface area contributed by atoms with E-state index in [0.717, 1.165) is 67.8 Å². The molecule has 0 bridgehead atoms. The van der Waals surface area contributed by atoms with E-state index in [0.29, 0.717) is 0 Å². The molecule has 0 atom stereocenters. The summed E-state index contributed by atoms with van der Waals surface area (Å²) in [6.07, 6.45) is 11.7. The molecule has 0 aliphatic heterocycles. The molecule has 0 saturated heterocycles. The van der Waals surface area contributed by atoms with Gasteiger partial charge in [-0.1, -0.05) is 304 Å². The Balaban J connectivity index is -0.000000186. The summed E-state index contributed by atoms with van der Waals surface area (Å²) in [6, 6.07) is 66.0. The molecule has 0 N–H and O–H groups in total. The van der Waals surface area contributed by atoms with Crippen LogP contribution in [-0.2, 0) is 25.7 Å². The summed E-state index contributed by atoms with van der Waals surface area (Å²) < 4.78 is 5.35. The van der Waals surface area contributed by atoms with Crippen LogP contribution in [0.2, 0.25) is 5.02 Å². The highest BCUT2D eigenvalue weighted by molar-refractivity contribution is 6.30. The minimum atomic E-state index is 0. The predicted molar refractivity (Wildman–Crippen MR) is 352 cm³/mol. The number of aldehydes is 1. The summed E-state index contributed by atoms with van der Waals surface area (Å²) in [4.78, 5) is 10.2. The molecule has 0 saturated carbocycles. The van der Waals surface area contributed by atoms with Crippen molar-refractivity contribution in [3.8, 4) is 5.75 Å². The highest BCUT2D eigenvalue weighted by Gasteiger charge is 1.96. The van der Waals surface area contributed by atoms with Gasteiger partial charge in [-0.15, -0.1) is 0 Å². The fourth-order valence-electron chi connectivity index (χ4n) is 6.54. The number of aryl methyl sites for hydroxylation is 8. The predicted octanol–water partition coefficient (Wildman–Crippen LogP) is 23.6. The van der Waals surface area contributed by atoms with Gasteiger partial charge in [-0.05, 0) is 134 Å². The van der Waals surface area contributed by atoms with Gasteiger partial charge in [-0.3, -0.25) is 4.79 Å². The number of fused-ring (bicyclic) bond motifs is 1. The molecule has 0 aliphatic carbocycles. The summed E-state index contributed by atoms with van der Waals surface area (Å²) in [6.45, 7) is 22.1. The minimum absolute atomic E-state index is 0. The van der Waals surface area contributed by atoms with Crippen LogP contribution in [0.5, 0.6) is 5.75 Å². The summed E-state index contributed by atoms with van der Waals surface area (Å²) in [7, 11) is 0. The number of hydrogen-bond donors (Lipinski definition) is 0. The summed E-state index contributed by atoms with van der Waals surface area (Å²) in [5.74, 6) is 0.847. The van der Waals surface area contributed by atoms with E-state index in [1.807, 2.05) is 60.7 Å². The van der Waals surface area contributed by atoms with E-state index in [1.165, 1.54) is 60.8 Å². The first-order valence-corrected chi connectivity index (χ1v) is 25.1. The molecule has 0 amide bonds. The van der Waals surface area contributed by atoms with Crippen molar-refractivity contribution in [2.75, 3.05) is 6.61 Å². The van der Waals surface area contributed by atoms with Gasteiger partial charge in [-0.2, -0.15) is 0 Å². The lowest BCUT2D eigenvalue weighted by Crippen LogP contribution is -1.93. The van der Waals surface area contributed by atoms with Crippen molar-refractivity contribution in [3.63, 3.8) is 0 Å². The number of allylic oxidation sites excluding steroid dienone is 1. The van der Waals surface area contributed by atoms with Crippen molar-refractivity contribution in [3.05, 3.63) is 261 Å². The second-order valence-electron chi connectivity index (χ2n) is 16.5. The Labute approximate surface area is 474 Å². The van der Waals surface area contributed by atoms with Crippen LogP contribution in [-0.4, -0.2) is 12.9 Å². The molecule has 418 valence electrons. The number of carbonyl (C=O) groups excluding carboxylic acids is 1. The van der Waals surface area contributed by atoms with E-state index < -0.39 is 0 Å². The second-order valence-corrected chi connectivity index (χ2v) is 16.9. The molecule has 0 unspecified atom stereocenters. The van der Waals surface area contributed by atoms with Crippen LogP contribution in [0, 0.1) is 27.7 Å². The van der Waals surface area contributed by atoms with E-state index >= 15 is 0 Å². The Hall–Kier alpha value is -6.48. The highest BCUT2D eigenvalue weighted by atomic mass is 35.5. The maximum absolute atomic E-state index is 10.2. The van der Waals surface area contributed by atoms with Gasteiger partial charge in [-0.25, -0.2) is 0 Å². The Bertz CT molecular complexity index is 2560. The molecule has 2 nitrogen and oxygen atoms in total. The first kappa shape index (κ1) is 80.9. The lowest BCUT2D eigenvalue weighted by atomic mass is 10.0. The average Bonchev–Trinajstić information content (AvgIpc) is 3.39. The minimum Gasteiger partial charge on any atom is -0.494 e. The first-order chi connectivity index (χ1) is 33.5. The van der Waals surface area contributed by atoms with Crippen LogP contribution in [0.3, 0.4) is 0 Å². The summed E-state index contributed by atoms with van der Waals surface area (Å²) in [5, 5.41) is 3.43. The maximum Gasteiger partial charge on any atom is 0.150 e. The largest absolute Gasteiger partial charge is 0.494 e. The Morgan fingerprint density at radius 1 is 0.434 bits per heavy atom. The van der Waals surface area contributed by atoms with Crippen LogP contribution in [0.1, 0.15) is 167 Å². The van der Waals surface area contributed by atoms with E-state index in [4.69, 9.17) is 16.3 Å². The zero-order chi connectivity index (χ0) is 50.5. The molecule has 8 aromatic rings. The quantitative estimate of drug-likeness (QED) is 0.128. The molecular weight excluding hydrogens is 944 g/mol. The zero-order valence-corrected chi connectivity index (χ0v) is 44.1. The second kappa shape index (κ2) is 50.7. The average molecular weight is 1050 g/mol. The molecule has 76 heavy (non-hydrogen) atoms. The number of hydrogen-bond acceptors (Lipinski definition) is 2. The first-order valence-electron chi connectivity index (χ1n) is 24.7. The number of benzene rings is 8. The maximum atomic E-state index is 10.2. The highest BCUT2D eigenvalue weighted by Crippen LogP contribution is 2.19. The third-order valence-corrected chi connectivity index (χ3v) is 11.0. The van der Waals surface area contributed by atoms with Crippen molar-refractivity contribution >= 4 is 34.7 Å². The fraction of sp³-hybridized carbons (Fsp3) is 0.329. The molecule has 0 aliphatic rings. The molecule has 0 aromatic heterocycles. The van der Waals surface area contributed by atoms with Crippen molar-refractivity contribution in [1.82, 2.24) is 0 Å². The number of ether oxygens (including phenoxy) is 1. The van der Waals surface area contributed by atoms with Crippen LogP contribution in [0.15, 0.2) is 200 Å². The Kier molecular flexibility index (Phi) is 53.9. The molecule has 0 fully saturated rings. The molecule has 0 heterocycles. The molecule has 0 radical (unpaired) electrons. The van der Waals surface area contributed by atoms with Crippen molar-refractivity contribution < 1.29 is 9.53 Å².